The van der Waals surface area contributed by atoms with Gasteiger partial charge in [0.05, 0.1) is 49.7 Å². The Kier molecular flexibility index (Phi) is 10.4. The van der Waals surface area contributed by atoms with Crippen molar-refractivity contribution < 1.29 is 23.8 Å². The van der Waals surface area contributed by atoms with Crippen LogP contribution in [-0.4, -0.2) is 88.4 Å². The van der Waals surface area contributed by atoms with Crippen molar-refractivity contribution in [2.45, 2.75) is 38.6 Å². The number of halogens is 1. The molecule has 2 aliphatic heterocycles. The fraction of sp³-hybridized carbons (Fsp3) is 0.556. The van der Waals surface area contributed by atoms with Crippen LogP contribution in [0.3, 0.4) is 0 Å². The third-order valence-electron chi connectivity index (χ3n) is 6.85. The summed E-state index contributed by atoms with van der Waals surface area (Å²) in [7, 11) is 5.58. The highest BCUT2D eigenvalue weighted by Crippen LogP contribution is 2.41. The minimum Gasteiger partial charge on any atom is -0.466 e. The molecular weight excluding hydrogens is 482 g/mol. The maximum Gasteiger partial charge on any atom is 0.336 e. The summed E-state index contributed by atoms with van der Waals surface area (Å²) in [6.07, 6.45) is 2.29. The van der Waals surface area contributed by atoms with E-state index in [-0.39, 0.29) is 13.2 Å². The fourth-order valence-electron chi connectivity index (χ4n) is 4.89. The summed E-state index contributed by atoms with van der Waals surface area (Å²) in [5.41, 5.74) is 2.41. The minimum absolute atomic E-state index is 0.176. The van der Waals surface area contributed by atoms with Gasteiger partial charge in [-0.3, -0.25) is 0 Å². The second-order valence-corrected chi connectivity index (χ2v) is 9.72. The van der Waals surface area contributed by atoms with Gasteiger partial charge in [-0.2, -0.15) is 0 Å². The van der Waals surface area contributed by atoms with Crippen LogP contribution in [0, 0.1) is 0 Å². The van der Waals surface area contributed by atoms with Gasteiger partial charge in [0.25, 0.3) is 0 Å². The number of carbonyl (C=O) groups is 2. The minimum atomic E-state index is -0.741. The number of nitrogens with one attached hydrogen (secondary N) is 1. The predicted octanol–water partition coefficient (Wildman–Crippen LogP) is 3.33. The van der Waals surface area contributed by atoms with Gasteiger partial charge in [0, 0.05) is 23.3 Å². The summed E-state index contributed by atoms with van der Waals surface area (Å²) in [4.78, 5) is 30.8. The molecule has 1 N–H and O–H groups in total. The van der Waals surface area contributed by atoms with Crippen LogP contribution in [0.1, 0.15) is 38.2 Å². The highest BCUT2D eigenvalue weighted by molar-refractivity contribution is 6.31. The number of benzene rings is 1. The number of hydrogen-bond acceptors (Lipinski definition) is 8. The van der Waals surface area contributed by atoms with E-state index in [0.29, 0.717) is 45.8 Å². The molecule has 0 radical (unpaired) electrons. The predicted molar refractivity (Wildman–Crippen MR) is 140 cm³/mol. The Morgan fingerprint density at radius 3 is 2.44 bits per heavy atom. The van der Waals surface area contributed by atoms with Crippen molar-refractivity contribution in [2.24, 2.45) is 0 Å². The lowest BCUT2D eigenvalue weighted by Crippen LogP contribution is -2.43. The zero-order valence-corrected chi connectivity index (χ0v) is 22.7. The molecule has 36 heavy (non-hydrogen) atoms. The summed E-state index contributed by atoms with van der Waals surface area (Å²) >= 11 is 6.55. The Labute approximate surface area is 219 Å². The Bertz CT molecular complexity index is 999. The molecular formula is C27H38ClN3O5. The van der Waals surface area contributed by atoms with Gasteiger partial charge in [-0.15, -0.1) is 0 Å². The molecule has 198 valence electrons. The molecule has 0 aromatic heterocycles. The first-order valence-corrected chi connectivity index (χ1v) is 12.8. The van der Waals surface area contributed by atoms with E-state index in [9.17, 15) is 9.59 Å². The molecule has 1 aromatic rings. The number of methoxy groups -OCH3 is 1. The Balaban J connectivity index is 1.82. The van der Waals surface area contributed by atoms with Crippen molar-refractivity contribution in [3.8, 4) is 0 Å². The second-order valence-electron chi connectivity index (χ2n) is 9.31. The number of carbonyl (C=O) groups excluding carboxylic acids is 2. The fourth-order valence-corrected chi connectivity index (χ4v) is 5.13. The van der Waals surface area contributed by atoms with Gasteiger partial charge in [-0.25, -0.2) is 9.59 Å². The topological polar surface area (TPSA) is 80.3 Å². The van der Waals surface area contributed by atoms with Crippen LogP contribution in [-0.2, 0) is 23.8 Å². The number of dihydropyridines is 1. The molecule has 0 amide bonds. The smallest absolute Gasteiger partial charge is 0.336 e. The SMILES string of the molecule is CCOC(=O)C1=C(COCCN2CCC(N(C)C)CC2)NC(C)=C(C(=O)OC)C1c1ccccc1Cl. The van der Waals surface area contributed by atoms with Gasteiger partial charge in [0.2, 0.25) is 0 Å². The van der Waals surface area contributed by atoms with E-state index >= 15 is 0 Å². The number of piperidine rings is 1. The van der Waals surface area contributed by atoms with Gasteiger partial charge < -0.3 is 29.3 Å². The van der Waals surface area contributed by atoms with E-state index < -0.39 is 17.9 Å². The van der Waals surface area contributed by atoms with Crippen molar-refractivity contribution in [1.29, 1.82) is 0 Å². The first-order valence-electron chi connectivity index (χ1n) is 12.5. The lowest BCUT2D eigenvalue weighted by Gasteiger charge is -2.35. The highest BCUT2D eigenvalue weighted by Gasteiger charge is 2.39. The van der Waals surface area contributed by atoms with Crippen LogP contribution in [0.25, 0.3) is 0 Å². The van der Waals surface area contributed by atoms with E-state index in [2.05, 4.69) is 29.2 Å². The van der Waals surface area contributed by atoms with Crippen LogP contribution in [0.4, 0.5) is 0 Å². The first-order chi connectivity index (χ1) is 17.3. The molecule has 2 heterocycles. The quantitative estimate of drug-likeness (QED) is 0.372. The van der Waals surface area contributed by atoms with E-state index in [1.54, 1.807) is 26.0 Å². The zero-order chi connectivity index (χ0) is 26.2. The van der Waals surface area contributed by atoms with Crippen LogP contribution in [0.2, 0.25) is 5.02 Å². The number of nitrogens with zero attached hydrogens (tertiary/aromatic N) is 2. The molecule has 0 aliphatic carbocycles. The van der Waals surface area contributed by atoms with Crippen LogP contribution < -0.4 is 5.32 Å². The molecule has 0 saturated carbocycles. The van der Waals surface area contributed by atoms with Crippen molar-refractivity contribution in [3.63, 3.8) is 0 Å². The number of esters is 2. The molecule has 1 aromatic carbocycles. The number of allylic oxidation sites excluding steroid dienone is 1. The summed E-state index contributed by atoms with van der Waals surface area (Å²) in [5.74, 6) is -1.80. The molecule has 0 bridgehead atoms. The van der Waals surface area contributed by atoms with E-state index in [0.717, 1.165) is 32.5 Å². The lowest BCUT2D eigenvalue weighted by molar-refractivity contribution is -0.139. The molecule has 8 nitrogen and oxygen atoms in total. The van der Waals surface area contributed by atoms with Crippen LogP contribution >= 0.6 is 11.6 Å². The third-order valence-corrected chi connectivity index (χ3v) is 7.19. The molecule has 1 saturated heterocycles. The molecule has 3 rings (SSSR count). The maximum absolute atomic E-state index is 13.2. The number of hydrogen-bond donors (Lipinski definition) is 1. The number of likely N-dealkylation sites (tertiary alicyclic amines) is 1. The van der Waals surface area contributed by atoms with Crippen LogP contribution in [0.15, 0.2) is 46.8 Å². The van der Waals surface area contributed by atoms with Gasteiger partial charge in [0.15, 0.2) is 0 Å². The van der Waals surface area contributed by atoms with Gasteiger partial charge in [0.1, 0.15) is 0 Å². The Hall–Kier alpha value is -2.39. The van der Waals surface area contributed by atoms with Gasteiger partial charge >= 0.3 is 11.9 Å². The van der Waals surface area contributed by atoms with E-state index in [4.69, 9.17) is 25.8 Å². The first kappa shape index (κ1) is 28.2. The van der Waals surface area contributed by atoms with Crippen molar-refractivity contribution in [3.05, 3.63) is 57.4 Å². The summed E-state index contributed by atoms with van der Waals surface area (Å²) in [5, 5.41) is 3.66. The number of ether oxygens (including phenoxy) is 3. The van der Waals surface area contributed by atoms with E-state index in [1.807, 2.05) is 12.1 Å². The summed E-state index contributed by atoms with van der Waals surface area (Å²) in [6, 6.07) is 7.81. The largest absolute Gasteiger partial charge is 0.466 e. The van der Waals surface area contributed by atoms with E-state index in [1.165, 1.54) is 7.11 Å². The average molecular weight is 520 g/mol. The van der Waals surface area contributed by atoms with Crippen molar-refractivity contribution in [1.82, 2.24) is 15.1 Å². The van der Waals surface area contributed by atoms with Crippen LogP contribution in [0.5, 0.6) is 0 Å². The molecule has 1 atom stereocenters. The third kappa shape index (κ3) is 6.68. The Morgan fingerprint density at radius 1 is 1.14 bits per heavy atom. The molecule has 0 spiro atoms. The Morgan fingerprint density at radius 2 is 1.83 bits per heavy atom. The normalized spacial score (nSPS) is 19.5. The van der Waals surface area contributed by atoms with Crippen molar-refractivity contribution in [2.75, 3.05) is 60.7 Å². The van der Waals surface area contributed by atoms with Crippen molar-refractivity contribution >= 4 is 23.5 Å². The zero-order valence-electron chi connectivity index (χ0n) is 21.9. The molecule has 9 heteroatoms. The molecule has 2 aliphatic rings. The maximum atomic E-state index is 13.2. The highest BCUT2D eigenvalue weighted by atomic mass is 35.5. The molecule has 1 unspecified atom stereocenters. The van der Waals surface area contributed by atoms with Gasteiger partial charge in [-0.05, 0) is 65.5 Å². The standard InChI is InChI=1S/C27H38ClN3O5/c1-6-36-27(33)25-22(17-35-16-15-31-13-11-19(12-14-31)30(3)4)29-18(2)23(26(32)34-5)24(25)20-9-7-8-10-21(20)28/h7-10,19,24,29H,6,11-17H2,1-5H3. The molecule has 1 fully saturated rings. The number of rotatable bonds is 10. The van der Waals surface area contributed by atoms with Gasteiger partial charge in [-0.1, -0.05) is 29.8 Å². The lowest BCUT2D eigenvalue weighted by atomic mass is 9.80. The summed E-state index contributed by atoms with van der Waals surface area (Å²) in [6.45, 7) is 7.33. The summed E-state index contributed by atoms with van der Waals surface area (Å²) < 4.78 is 16.5. The average Bonchev–Trinajstić information content (AvgIpc) is 2.86. The second kappa shape index (κ2) is 13.2. The monoisotopic (exact) mass is 519 g/mol.